The van der Waals surface area contributed by atoms with Gasteiger partial charge in [0, 0.05) is 53.0 Å². The summed E-state index contributed by atoms with van der Waals surface area (Å²) in [6.07, 6.45) is 2.34. The van der Waals surface area contributed by atoms with Gasteiger partial charge in [0.1, 0.15) is 0 Å². The minimum atomic E-state index is -0.222. The molecular formula is C19H25N5O3S. The average molecular weight is 404 g/mol. The molecule has 0 aliphatic carbocycles. The second-order valence-electron chi connectivity index (χ2n) is 6.83. The van der Waals surface area contributed by atoms with Crippen LogP contribution in [0.1, 0.15) is 38.1 Å². The number of thiophene rings is 1. The fourth-order valence-corrected chi connectivity index (χ4v) is 3.86. The highest BCUT2D eigenvalue weighted by molar-refractivity contribution is 7.12. The number of likely N-dealkylation sites (tertiary alicyclic amines) is 1. The number of hydrogen-bond acceptors (Lipinski definition) is 7. The van der Waals surface area contributed by atoms with Gasteiger partial charge >= 0.3 is 0 Å². The van der Waals surface area contributed by atoms with Crippen LogP contribution in [0.25, 0.3) is 0 Å². The summed E-state index contributed by atoms with van der Waals surface area (Å²) in [5.74, 6) is 0.353. The number of ether oxygens (including phenoxy) is 1. The van der Waals surface area contributed by atoms with Crippen LogP contribution in [-0.4, -0.2) is 74.1 Å². The summed E-state index contributed by atoms with van der Waals surface area (Å²) in [5.41, 5.74) is 1.15. The second kappa shape index (κ2) is 9.11. The molecule has 8 nitrogen and oxygen atoms in total. The normalized spacial score (nSPS) is 16.2. The number of rotatable bonds is 7. The summed E-state index contributed by atoms with van der Waals surface area (Å²) in [6.45, 7) is 2.04. The SMILES string of the molecule is COCCNC(=O)c1cnc(N(C)C)nc1C1CCN(C(=O)c2cccs2)C1. The van der Waals surface area contributed by atoms with Crippen LogP contribution in [0.5, 0.6) is 0 Å². The van der Waals surface area contributed by atoms with Crippen molar-refractivity contribution in [3.63, 3.8) is 0 Å². The molecule has 3 heterocycles. The smallest absolute Gasteiger partial charge is 0.263 e. The summed E-state index contributed by atoms with van der Waals surface area (Å²) in [4.78, 5) is 38.6. The van der Waals surface area contributed by atoms with Gasteiger partial charge in [-0.1, -0.05) is 6.07 Å². The lowest BCUT2D eigenvalue weighted by Crippen LogP contribution is -2.30. The van der Waals surface area contributed by atoms with E-state index in [0.717, 1.165) is 11.3 Å². The molecule has 2 amide bonds. The molecule has 0 aromatic carbocycles. The lowest BCUT2D eigenvalue weighted by atomic mass is 10.00. The Labute approximate surface area is 168 Å². The van der Waals surface area contributed by atoms with Crippen LogP contribution in [-0.2, 0) is 4.74 Å². The van der Waals surface area contributed by atoms with Gasteiger partial charge in [0.25, 0.3) is 11.8 Å². The monoisotopic (exact) mass is 403 g/mol. The first kappa shape index (κ1) is 20.2. The van der Waals surface area contributed by atoms with Gasteiger partial charge in [-0.2, -0.15) is 0 Å². The van der Waals surface area contributed by atoms with E-state index in [1.807, 2.05) is 36.5 Å². The van der Waals surface area contributed by atoms with Gasteiger partial charge in [-0.15, -0.1) is 11.3 Å². The van der Waals surface area contributed by atoms with Crippen molar-refractivity contribution in [2.45, 2.75) is 12.3 Å². The highest BCUT2D eigenvalue weighted by Crippen LogP contribution is 2.30. The van der Waals surface area contributed by atoms with E-state index >= 15 is 0 Å². The van der Waals surface area contributed by atoms with Gasteiger partial charge in [0.2, 0.25) is 5.95 Å². The molecule has 1 aliphatic heterocycles. The fourth-order valence-electron chi connectivity index (χ4n) is 3.17. The molecule has 0 saturated carbocycles. The van der Waals surface area contributed by atoms with Gasteiger partial charge in [-0.25, -0.2) is 9.97 Å². The number of aromatic nitrogens is 2. The van der Waals surface area contributed by atoms with Crippen LogP contribution in [0.15, 0.2) is 23.7 Å². The molecule has 1 unspecified atom stereocenters. The zero-order valence-corrected chi connectivity index (χ0v) is 17.2. The number of amides is 2. The standard InChI is InChI=1S/C19H25N5O3S/c1-23(2)19-21-11-14(17(25)20-7-9-27-3)16(22-19)13-6-8-24(12-13)18(26)15-5-4-10-28-15/h4-5,10-11,13H,6-9,12H2,1-3H3,(H,20,25). The Bertz CT molecular complexity index is 825. The molecule has 1 aliphatic rings. The van der Waals surface area contributed by atoms with E-state index in [2.05, 4.69) is 15.3 Å². The Morgan fingerprint density at radius 2 is 2.25 bits per heavy atom. The third kappa shape index (κ3) is 4.48. The largest absolute Gasteiger partial charge is 0.383 e. The number of carbonyl (C=O) groups excluding carboxylic acids is 2. The maximum absolute atomic E-state index is 12.7. The Balaban J connectivity index is 1.81. The number of hydrogen-bond donors (Lipinski definition) is 1. The molecule has 150 valence electrons. The van der Waals surface area contributed by atoms with Gasteiger partial charge in [0.15, 0.2) is 0 Å². The second-order valence-corrected chi connectivity index (χ2v) is 7.77. The number of anilines is 1. The molecule has 0 radical (unpaired) electrons. The molecule has 0 spiro atoms. The first-order chi connectivity index (χ1) is 13.5. The zero-order valence-electron chi connectivity index (χ0n) is 16.3. The topological polar surface area (TPSA) is 87.7 Å². The molecule has 2 aromatic heterocycles. The first-order valence-electron chi connectivity index (χ1n) is 9.15. The van der Waals surface area contributed by atoms with Crippen molar-refractivity contribution in [3.05, 3.63) is 39.8 Å². The molecule has 2 aromatic rings. The van der Waals surface area contributed by atoms with E-state index in [0.29, 0.717) is 43.4 Å². The summed E-state index contributed by atoms with van der Waals surface area (Å²) >= 11 is 1.44. The minimum Gasteiger partial charge on any atom is -0.383 e. The number of nitrogens with one attached hydrogen (secondary N) is 1. The number of methoxy groups -OCH3 is 1. The van der Waals surface area contributed by atoms with Crippen molar-refractivity contribution in [1.29, 1.82) is 0 Å². The summed E-state index contributed by atoms with van der Waals surface area (Å²) in [6, 6.07) is 3.71. The molecule has 3 rings (SSSR count). The Morgan fingerprint density at radius 3 is 2.93 bits per heavy atom. The van der Waals surface area contributed by atoms with Crippen LogP contribution in [0.3, 0.4) is 0 Å². The molecule has 1 atom stereocenters. The van der Waals surface area contributed by atoms with Crippen molar-refractivity contribution in [2.24, 2.45) is 0 Å². The predicted octanol–water partition coefficient (Wildman–Crippen LogP) is 1.61. The quantitative estimate of drug-likeness (QED) is 0.707. The Morgan fingerprint density at radius 1 is 1.43 bits per heavy atom. The molecule has 1 N–H and O–H groups in total. The van der Waals surface area contributed by atoms with E-state index in [9.17, 15) is 9.59 Å². The third-order valence-corrected chi connectivity index (χ3v) is 5.49. The van der Waals surface area contributed by atoms with Gasteiger partial charge in [0.05, 0.1) is 22.7 Å². The van der Waals surface area contributed by atoms with Gasteiger partial charge in [-0.3, -0.25) is 9.59 Å². The highest BCUT2D eigenvalue weighted by atomic mass is 32.1. The minimum absolute atomic E-state index is 0.00575. The molecule has 1 saturated heterocycles. The maximum atomic E-state index is 12.7. The fraction of sp³-hybridized carbons (Fsp3) is 0.474. The van der Waals surface area contributed by atoms with Crippen molar-refractivity contribution < 1.29 is 14.3 Å². The Hall–Kier alpha value is -2.52. The van der Waals surface area contributed by atoms with Crippen LogP contribution < -0.4 is 10.2 Å². The van der Waals surface area contributed by atoms with Crippen molar-refractivity contribution >= 4 is 29.1 Å². The molecule has 28 heavy (non-hydrogen) atoms. The van der Waals surface area contributed by atoms with E-state index in [1.54, 1.807) is 18.2 Å². The van der Waals surface area contributed by atoms with Crippen molar-refractivity contribution in [2.75, 3.05) is 52.3 Å². The number of carbonyl (C=O) groups is 2. The van der Waals surface area contributed by atoms with E-state index < -0.39 is 0 Å². The third-order valence-electron chi connectivity index (χ3n) is 4.64. The van der Waals surface area contributed by atoms with Crippen LogP contribution in [0.2, 0.25) is 0 Å². The van der Waals surface area contributed by atoms with Crippen LogP contribution in [0, 0.1) is 0 Å². The van der Waals surface area contributed by atoms with Crippen LogP contribution >= 0.6 is 11.3 Å². The highest BCUT2D eigenvalue weighted by Gasteiger charge is 2.32. The molecule has 9 heteroatoms. The predicted molar refractivity (Wildman–Crippen MR) is 108 cm³/mol. The van der Waals surface area contributed by atoms with Crippen molar-refractivity contribution in [3.8, 4) is 0 Å². The van der Waals surface area contributed by atoms with Gasteiger partial charge < -0.3 is 19.9 Å². The molecule has 1 fully saturated rings. The molecular weight excluding hydrogens is 378 g/mol. The summed E-state index contributed by atoms with van der Waals surface area (Å²) in [7, 11) is 5.31. The first-order valence-corrected chi connectivity index (χ1v) is 10.0. The number of nitrogens with zero attached hydrogens (tertiary/aromatic N) is 4. The molecule has 0 bridgehead atoms. The van der Waals surface area contributed by atoms with E-state index in [4.69, 9.17) is 4.74 Å². The lowest BCUT2D eigenvalue weighted by Gasteiger charge is -2.19. The van der Waals surface area contributed by atoms with Crippen molar-refractivity contribution in [1.82, 2.24) is 20.2 Å². The average Bonchev–Trinajstić information content (AvgIpc) is 3.39. The lowest BCUT2D eigenvalue weighted by molar-refractivity contribution is 0.0795. The Kier molecular flexibility index (Phi) is 6.58. The van der Waals surface area contributed by atoms with Crippen LogP contribution in [0.4, 0.5) is 5.95 Å². The zero-order chi connectivity index (χ0) is 20.1. The summed E-state index contributed by atoms with van der Waals surface area (Å²) < 4.78 is 4.99. The van der Waals surface area contributed by atoms with E-state index in [-0.39, 0.29) is 17.7 Å². The van der Waals surface area contributed by atoms with Gasteiger partial charge in [-0.05, 0) is 17.9 Å². The van der Waals surface area contributed by atoms with E-state index in [1.165, 1.54) is 11.3 Å². The maximum Gasteiger partial charge on any atom is 0.263 e. The summed E-state index contributed by atoms with van der Waals surface area (Å²) in [5, 5.41) is 4.73.